The first-order valence-corrected chi connectivity index (χ1v) is 8.11. The maximum Gasteiger partial charge on any atom is 0.157 e. The molecule has 0 N–H and O–H groups in total. The van der Waals surface area contributed by atoms with Gasteiger partial charge in [0, 0.05) is 12.2 Å². The fraction of sp³-hybridized carbons (Fsp3) is 0.235. The molecule has 0 spiro atoms. The minimum Gasteiger partial charge on any atom is -0.286 e. The highest BCUT2D eigenvalue weighted by molar-refractivity contribution is 7.99. The smallest absolute Gasteiger partial charge is 0.157 e. The lowest BCUT2D eigenvalue weighted by atomic mass is 10.1. The Morgan fingerprint density at radius 3 is 2.82 bits per heavy atom. The van der Waals surface area contributed by atoms with Crippen molar-refractivity contribution >= 4 is 28.4 Å². The SMILES string of the molecule is CCc1cc(SCCC#N)n2c(nc3ccccc32)c1C#N. The van der Waals surface area contributed by atoms with E-state index in [0.717, 1.165) is 33.8 Å². The summed E-state index contributed by atoms with van der Waals surface area (Å²) < 4.78 is 2.04. The van der Waals surface area contributed by atoms with Crippen LogP contribution in [0.2, 0.25) is 0 Å². The van der Waals surface area contributed by atoms with E-state index in [0.29, 0.717) is 17.6 Å². The summed E-state index contributed by atoms with van der Waals surface area (Å²) in [7, 11) is 0. The number of nitrogens with zero attached hydrogens (tertiary/aromatic N) is 4. The van der Waals surface area contributed by atoms with Crippen LogP contribution in [0.25, 0.3) is 16.7 Å². The van der Waals surface area contributed by atoms with Crippen molar-refractivity contribution in [1.29, 1.82) is 10.5 Å². The van der Waals surface area contributed by atoms with Gasteiger partial charge in [0.05, 0.1) is 27.7 Å². The Bertz CT molecular complexity index is 928. The number of imidazole rings is 1. The van der Waals surface area contributed by atoms with E-state index in [-0.39, 0.29) is 0 Å². The van der Waals surface area contributed by atoms with Crippen molar-refractivity contribution in [3.8, 4) is 12.1 Å². The van der Waals surface area contributed by atoms with Crippen molar-refractivity contribution in [3.63, 3.8) is 0 Å². The number of benzene rings is 1. The molecule has 0 amide bonds. The van der Waals surface area contributed by atoms with Crippen molar-refractivity contribution in [2.24, 2.45) is 0 Å². The quantitative estimate of drug-likeness (QED) is 0.541. The summed E-state index contributed by atoms with van der Waals surface area (Å²) in [5.41, 5.74) is 4.24. The highest BCUT2D eigenvalue weighted by atomic mass is 32.2. The van der Waals surface area contributed by atoms with Gasteiger partial charge < -0.3 is 0 Å². The van der Waals surface area contributed by atoms with E-state index in [1.54, 1.807) is 11.8 Å². The largest absolute Gasteiger partial charge is 0.286 e. The lowest BCUT2D eigenvalue weighted by molar-refractivity contribution is 1.00. The van der Waals surface area contributed by atoms with E-state index >= 15 is 0 Å². The standard InChI is InChI=1S/C17H14N4S/c1-2-12-10-16(22-9-5-8-18)21-15-7-4-3-6-14(15)20-17(21)13(12)11-19/h3-4,6-7,10H,2,5,9H2,1H3. The van der Waals surface area contributed by atoms with Gasteiger partial charge in [0.25, 0.3) is 0 Å². The highest BCUT2D eigenvalue weighted by Gasteiger charge is 2.16. The lowest BCUT2D eigenvalue weighted by Crippen LogP contribution is -1.99. The van der Waals surface area contributed by atoms with Gasteiger partial charge in [-0.1, -0.05) is 19.1 Å². The van der Waals surface area contributed by atoms with Crippen molar-refractivity contribution in [1.82, 2.24) is 9.38 Å². The number of para-hydroxylation sites is 2. The molecular formula is C17H14N4S. The van der Waals surface area contributed by atoms with E-state index in [9.17, 15) is 5.26 Å². The zero-order chi connectivity index (χ0) is 15.5. The number of hydrogen-bond donors (Lipinski definition) is 0. The molecule has 2 aromatic heterocycles. The predicted molar refractivity (Wildman–Crippen MR) is 87.7 cm³/mol. The zero-order valence-electron chi connectivity index (χ0n) is 12.2. The Kier molecular flexibility index (Phi) is 4.00. The first-order valence-electron chi connectivity index (χ1n) is 7.13. The van der Waals surface area contributed by atoms with Gasteiger partial charge in [-0.25, -0.2) is 4.98 Å². The van der Waals surface area contributed by atoms with Crippen LogP contribution in [-0.2, 0) is 6.42 Å². The monoisotopic (exact) mass is 306 g/mol. The van der Waals surface area contributed by atoms with Gasteiger partial charge >= 0.3 is 0 Å². The molecule has 0 atom stereocenters. The van der Waals surface area contributed by atoms with Crippen LogP contribution in [-0.4, -0.2) is 15.1 Å². The molecule has 108 valence electrons. The van der Waals surface area contributed by atoms with Crippen LogP contribution in [0, 0.1) is 22.7 Å². The molecule has 0 saturated carbocycles. The molecule has 0 radical (unpaired) electrons. The van der Waals surface area contributed by atoms with Gasteiger partial charge in [-0.2, -0.15) is 10.5 Å². The number of nitriles is 2. The van der Waals surface area contributed by atoms with Gasteiger partial charge in [-0.3, -0.25) is 4.40 Å². The maximum absolute atomic E-state index is 9.52. The molecule has 0 unspecified atom stereocenters. The fourth-order valence-electron chi connectivity index (χ4n) is 2.55. The molecule has 5 heteroatoms. The molecule has 3 aromatic rings. The third-order valence-corrected chi connectivity index (χ3v) is 4.58. The second-order valence-electron chi connectivity index (χ2n) is 4.86. The number of rotatable bonds is 4. The van der Waals surface area contributed by atoms with Gasteiger partial charge in [-0.05, 0) is 30.2 Å². The second kappa shape index (κ2) is 6.09. The van der Waals surface area contributed by atoms with Crippen LogP contribution in [0.4, 0.5) is 0 Å². The van der Waals surface area contributed by atoms with E-state index < -0.39 is 0 Å². The molecule has 0 fully saturated rings. The van der Waals surface area contributed by atoms with Crippen molar-refractivity contribution < 1.29 is 0 Å². The zero-order valence-corrected chi connectivity index (χ0v) is 13.0. The third-order valence-electron chi connectivity index (χ3n) is 3.58. The molecule has 0 bridgehead atoms. The average molecular weight is 306 g/mol. The van der Waals surface area contributed by atoms with Gasteiger partial charge in [0.1, 0.15) is 6.07 Å². The summed E-state index contributed by atoms with van der Waals surface area (Å²) in [5, 5.41) is 19.3. The van der Waals surface area contributed by atoms with Gasteiger partial charge in [0.2, 0.25) is 0 Å². The van der Waals surface area contributed by atoms with Gasteiger partial charge in [-0.15, -0.1) is 11.8 Å². The summed E-state index contributed by atoms with van der Waals surface area (Å²) >= 11 is 1.63. The minimum atomic E-state index is 0.500. The lowest BCUT2D eigenvalue weighted by Gasteiger charge is -2.10. The number of fused-ring (bicyclic) bond motifs is 3. The molecular weight excluding hydrogens is 292 g/mol. The summed E-state index contributed by atoms with van der Waals surface area (Å²) in [6.45, 7) is 2.04. The molecule has 0 aliphatic carbocycles. The predicted octanol–water partition coefficient (Wildman–Crippen LogP) is 3.93. The van der Waals surface area contributed by atoms with Crippen LogP contribution in [0.15, 0.2) is 35.4 Å². The Morgan fingerprint density at radius 1 is 1.27 bits per heavy atom. The van der Waals surface area contributed by atoms with Crippen LogP contribution in [0.5, 0.6) is 0 Å². The molecule has 4 nitrogen and oxygen atoms in total. The Labute approximate surface area is 133 Å². The summed E-state index contributed by atoms with van der Waals surface area (Å²) in [5.74, 6) is 0.729. The van der Waals surface area contributed by atoms with Crippen molar-refractivity contribution in [3.05, 3.63) is 41.5 Å². The molecule has 1 aromatic carbocycles. The number of thioether (sulfide) groups is 1. The molecule has 3 rings (SSSR count). The first kappa shape index (κ1) is 14.4. The van der Waals surface area contributed by atoms with Crippen molar-refractivity contribution in [2.75, 3.05) is 5.75 Å². The van der Waals surface area contributed by atoms with E-state index in [2.05, 4.69) is 23.2 Å². The third kappa shape index (κ3) is 2.30. The Hall–Kier alpha value is -2.50. The summed E-state index contributed by atoms with van der Waals surface area (Å²) in [6.07, 6.45) is 1.29. The van der Waals surface area contributed by atoms with Crippen LogP contribution in [0.1, 0.15) is 24.5 Å². The highest BCUT2D eigenvalue weighted by Crippen LogP contribution is 2.30. The van der Waals surface area contributed by atoms with Crippen LogP contribution < -0.4 is 0 Å². The number of hydrogen-bond acceptors (Lipinski definition) is 4. The molecule has 0 aliphatic rings. The van der Waals surface area contributed by atoms with Crippen LogP contribution in [0.3, 0.4) is 0 Å². The van der Waals surface area contributed by atoms with Gasteiger partial charge in [0.15, 0.2) is 5.65 Å². The number of aryl methyl sites for hydroxylation is 1. The van der Waals surface area contributed by atoms with E-state index in [1.807, 2.05) is 35.6 Å². The topological polar surface area (TPSA) is 64.9 Å². The Morgan fingerprint density at radius 2 is 2.09 bits per heavy atom. The summed E-state index contributed by atoms with van der Waals surface area (Å²) in [6, 6.07) is 14.4. The number of aromatic nitrogens is 2. The normalized spacial score (nSPS) is 10.7. The average Bonchev–Trinajstić information content (AvgIpc) is 2.94. The molecule has 0 aliphatic heterocycles. The Balaban J connectivity index is 2.33. The van der Waals surface area contributed by atoms with Crippen molar-refractivity contribution in [2.45, 2.75) is 24.8 Å². The second-order valence-corrected chi connectivity index (χ2v) is 5.98. The fourth-order valence-corrected chi connectivity index (χ4v) is 3.50. The minimum absolute atomic E-state index is 0.500. The molecule has 22 heavy (non-hydrogen) atoms. The van der Waals surface area contributed by atoms with Crippen LogP contribution >= 0.6 is 11.8 Å². The van der Waals surface area contributed by atoms with E-state index in [1.165, 1.54) is 0 Å². The number of pyridine rings is 1. The summed E-state index contributed by atoms with van der Waals surface area (Å²) in [4.78, 5) is 4.65. The van der Waals surface area contributed by atoms with E-state index in [4.69, 9.17) is 5.26 Å². The maximum atomic E-state index is 9.52. The first-order chi connectivity index (χ1) is 10.8. The molecule has 0 saturated heterocycles. The molecule has 2 heterocycles.